The minimum atomic E-state index is -0.576. The van der Waals surface area contributed by atoms with Crippen LogP contribution in [0, 0.1) is 5.82 Å². The van der Waals surface area contributed by atoms with Crippen molar-refractivity contribution in [3.05, 3.63) is 58.0 Å². The maximum Gasteiger partial charge on any atom is 0.128 e. The molecule has 2 aromatic rings. The van der Waals surface area contributed by atoms with Gasteiger partial charge in [0.15, 0.2) is 0 Å². The summed E-state index contributed by atoms with van der Waals surface area (Å²) in [6.45, 7) is 2.01. The van der Waals surface area contributed by atoms with Crippen molar-refractivity contribution >= 4 is 11.3 Å². The van der Waals surface area contributed by atoms with Gasteiger partial charge in [-0.25, -0.2) is 4.39 Å². The van der Waals surface area contributed by atoms with Gasteiger partial charge in [-0.15, -0.1) is 0 Å². The Bertz CT molecular complexity index is 495. The third-order valence-corrected chi connectivity index (χ3v) is 4.21. The van der Waals surface area contributed by atoms with E-state index in [0.717, 1.165) is 19.3 Å². The Hall–Kier alpha value is -1.19. The molecule has 0 radical (unpaired) electrons. The first-order valence-corrected chi connectivity index (χ1v) is 7.15. The Balaban J connectivity index is 2.17. The lowest BCUT2D eigenvalue weighted by Gasteiger charge is -2.29. The van der Waals surface area contributed by atoms with Crippen LogP contribution in [-0.4, -0.2) is 0 Å². The minimum absolute atomic E-state index is 0.202. The van der Waals surface area contributed by atoms with E-state index in [1.165, 1.54) is 11.6 Å². The van der Waals surface area contributed by atoms with Crippen LogP contribution in [0.4, 0.5) is 4.39 Å². The third kappa shape index (κ3) is 2.79. The zero-order valence-electron chi connectivity index (χ0n) is 10.5. The van der Waals surface area contributed by atoms with Crippen molar-refractivity contribution < 1.29 is 4.39 Å². The number of thiophene rings is 1. The smallest absolute Gasteiger partial charge is 0.128 e. The van der Waals surface area contributed by atoms with Crippen molar-refractivity contribution in [3.63, 3.8) is 0 Å². The topological polar surface area (TPSA) is 26.0 Å². The lowest BCUT2D eigenvalue weighted by Crippen LogP contribution is -2.37. The largest absolute Gasteiger partial charge is 0.321 e. The van der Waals surface area contributed by atoms with E-state index in [0.29, 0.717) is 5.56 Å². The van der Waals surface area contributed by atoms with Gasteiger partial charge in [0.1, 0.15) is 5.82 Å². The van der Waals surface area contributed by atoms with Crippen molar-refractivity contribution in [3.8, 4) is 0 Å². The number of aryl methyl sites for hydroxylation is 1. The summed E-state index contributed by atoms with van der Waals surface area (Å²) in [6, 6.07) is 8.93. The molecule has 0 fully saturated rings. The maximum absolute atomic E-state index is 13.9. The highest BCUT2D eigenvalue weighted by atomic mass is 32.1. The highest BCUT2D eigenvalue weighted by Gasteiger charge is 2.27. The maximum atomic E-state index is 13.9. The van der Waals surface area contributed by atoms with Crippen LogP contribution in [0.15, 0.2) is 41.1 Å². The van der Waals surface area contributed by atoms with Gasteiger partial charge >= 0.3 is 0 Å². The van der Waals surface area contributed by atoms with Gasteiger partial charge in [0, 0.05) is 11.1 Å². The average Bonchev–Trinajstić information content (AvgIpc) is 2.90. The second-order valence-electron chi connectivity index (χ2n) is 4.62. The van der Waals surface area contributed by atoms with E-state index < -0.39 is 5.54 Å². The number of halogens is 1. The van der Waals surface area contributed by atoms with Crippen molar-refractivity contribution in [2.45, 2.75) is 31.7 Å². The van der Waals surface area contributed by atoms with Crippen LogP contribution in [0.3, 0.4) is 0 Å². The SMILES string of the molecule is CCC(N)(CCc1ccsc1)c1ccccc1F. The number of nitrogens with two attached hydrogens (primary N) is 1. The molecule has 2 rings (SSSR count). The van der Waals surface area contributed by atoms with Crippen molar-refractivity contribution in [1.29, 1.82) is 0 Å². The lowest BCUT2D eigenvalue weighted by atomic mass is 9.83. The van der Waals surface area contributed by atoms with Gasteiger partial charge in [-0.3, -0.25) is 0 Å². The van der Waals surface area contributed by atoms with Crippen LogP contribution < -0.4 is 5.73 Å². The molecule has 1 aromatic heterocycles. The number of hydrogen-bond donors (Lipinski definition) is 1. The van der Waals surface area contributed by atoms with E-state index in [1.807, 2.05) is 13.0 Å². The summed E-state index contributed by atoms with van der Waals surface area (Å²) in [6.07, 6.45) is 2.39. The second-order valence-corrected chi connectivity index (χ2v) is 5.40. The molecule has 2 N–H and O–H groups in total. The van der Waals surface area contributed by atoms with Crippen molar-refractivity contribution in [2.75, 3.05) is 0 Å². The van der Waals surface area contributed by atoms with E-state index in [2.05, 4.69) is 16.8 Å². The highest BCUT2D eigenvalue weighted by molar-refractivity contribution is 7.07. The van der Waals surface area contributed by atoms with Gasteiger partial charge in [0.2, 0.25) is 0 Å². The summed E-state index contributed by atoms with van der Waals surface area (Å²) in [5, 5.41) is 4.18. The Morgan fingerprint density at radius 3 is 2.67 bits per heavy atom. The zero-order chi connectivity index (χ0) is 13.0. The van der Waals surface area contributed by atoms with E-state index in [1.54, 1.807) is 23.5 Å². The summed E-state index contributed by atoms with van der Waals surface area (Å²) in [5.41, 5.74) is 7.73. The Kier molecular flexibility index (Phi) is 4.15. The van der Waals surface area contributed by atoms with E-state index in [-0.39, 0.29) is 5.82 Å². The fourth-order valence-electron chi connectivity index (χ4n) is 2.17. The predicted octanol–water partition coefficient (Wildman–Crippen LogP) is 4.08. The van der Waals surface area contributed by atoms with E-state index in [4.69, 9.17) is 5.73 Å². The molecule has 3 heteroatoms. The molecule has 0 aliphatic carbocycles. The lowest BCUT2D eigenvalue weighted by molar-refractivity contribution is 0.376. The van der Waals surface area contributed by atoms with Crippen LogP contribution in [0.5, 0.6) is 0 Å². The molecule has 1 atom stereocenters. The Morgan fingerprint density at radius 2 is 2.06 bits per heavy atom. The van der Waals surface area contributed by atoms with Crippen LogP contribution in [0.2, 0.25) is 0 Å². The Morgan fingerprint density at radius 1 is 1.28 bits per heavy atom. The molecule has 0 saturated heterocycles. The predicted molar refractivity (Wildman–Crippen MR) is 75.2 cm³/mol. The monoisotopic (exact) mass is 263 g/mol. The van der Waals surface area contributed by atoms with Crippen LogP contribution in [-0.2, 0) is 12.0 Å². The molecule has 96 valence electrons. The summed E-state index contributed by atoms with van der Waals surface area (Å²) < 4.78 is 13.9. The van der Waals surface area contributed by atoms with Gasteiger partial charge in [0.25, 0.3) is 0 Å². The van der Waals surface area contributed by atoms with Gasteiger partial charge in [-0.2, -0.15) is 11.3 Å². The summed E-state index contributed by atoms with van der Waals surface area (Å²) in [5.74, 6) is -0.202. The zero-order valence-corrected chi connectivity index (χ0v) is 11.3. The fraction of sp³-hybridized carbons (Fsp3) is 0.333. The van der Waals surface area contributed by atoms with Gasteiger partial charge < -0.3 is 5.73 Å². The number of rotatable bonds is 5. The molecule has 0 aliphatic rings. The number of hydrogen-bond acceptors (Lipinski definition) is 2. The average molecular weight is 263 g/mol. The standard InChI is InChI=1S/C15H18FNS/c1-2-15(17,9-7-12-8-10-18-11-12)13-5-3-4-6-14(13)16/h3-6,8,10-11H,2,7,9,17H2,1H3. The first kappa shape index (κ1) is 13.2. The molecule has 0 bridgehead atoms. The van der Waals surface area contributed by atoms with Gasteiger partial charge in [-0.1, -0.05) is 25.1 Å². The molecule has 0 aliphatic heterocycles. The Labute approximate surface area is 111 Å². The van der Waals surface area contributed by atoms with Crippen LogP contribution >= 0.6 is 11.3 Å². The van der Waals surface area contributed by atoms with Gasteiger partial charge in [0.05, 0.1) is 0 Å². The molecule has 0 saturated carbocycles. The molecular weight excluding hydrogens is 245 g/mol. The normalized spacial score (nSPS) is 14.4. The number of benzene rings is 1. The van der Waals surface area contributed by atoms with E-state index in [9.17, 15) is 4.39 Å². The molecule has 0 spiro atoms. The van der Waals surface area contributed by atoms with E-state index >= 15 is 0 Å². The highest BCUT2D eigenvalue weighted by Crippen LogP contribution is 2.29. The minimum Gasteiger partial charge on any atom is -0.321 e. The fourth-order valence-corrected chi connectivity index (χ4v) is 2.87. The molecule has 1 unspecified atom stereocenters. The van der Waals surface area contributed by atoms with Gasteiger partial charge in [-0.05, 0) is 47.7 Å². The molecule has 1 heterocycles. The first-order chi connectivity index (χ1) is 8.65. The van der Waals surface area contributed by atoms with Crippen molar-refractivity contribution in [2.24, 2.45) is 5.73 Å². The summed E-state index contributed by atoms with van der Waals surface area (Å²) >= 11 is 1.68. The van der Waals surface area contributed by atoms with Crippen molar-refractivity contribution in [1.82, 2.24) is 0 Å². The van der Waals surface area contributed by atoms with Crippen LogP contribution in [0.25, 0.3) is 0 Å². The molecule has 1 aromatic carbocycles. The summed E-state index contributed by atoms with van der Waals surface area (Å²) in [7, 11) is 0. The first-order valence-electron chi connectivity index (χ1n) is 6.20. The third-order valence-electron chi connectivity index (χ3n) is 3.48. The molecule has 0 amide bonds. The second kappa shape index (κ2) is 5.63. The molecule has 18 heavy (non-hydrogen) atoms. The quantitative estimate of drug-likeness (QED) is 0.864. The molecular formula is C15H18FNS. The molecule has 1 nitrogen and oxygen atoms in total. The summed E-state index contributed by atoms with van der Waals surface area (Å²) in [4.78, 5) is 0. The van der Waals surface area contributed by atoms with Crippen LogP contribution in [0.1, 0.15) is 30.9 Å².